The van der Waals surface area contributed by atoms with Gasteiger partial charge in [-0.05, 0) is 43.7 Å². The Bertz CT molecular complexity index is 794. The number of nitrogens with one attached hydrogen (secondary N) is 1. The summed E-state index contributed by atoms with van der Waals surface area (Å²) in [6.07, 6.45) is 0. The third-order valence-corrected chi connectivity index (χ3v) is 5.63. The second-order valence-corrected chi connectivity index (χ2v) is 7.73. The summed E-state index contributed by atoms with van der Waals surface area (Å²) in [5.41, 5.74) is 2.60. The maximum atomic E-state index is 12.2. The lowest BCUT2D eigenvalue weighted by Gasteiger charge is -2.16. The van der Waals surface area contributed by atoms with Crippen LogP contribution >= 0.6 is 27.7 Å². The van der Waals surface area contributed by atoms with E-state index in [0.29, 0.717) is 17.1 Å². The van der Waals surface area contributed by atoms with E-state index in [4.69, 9.17) is 4.74 Å². The molecule has 26 heavy (non-hydrogen) atoms. The molecule has 0 aliphatic rings. The molecule has 2 rings (SSSR count). The van der Waals surface area contributed by atoms with E-state index >= 15 is 0 Å². The highest BCUT2D eigenvalue weighted by Crippen LogP contribution is 2.26. The lowest BCUT2D eigenvalue weighted by Crippen LogP contribution is -2.28. The molecule has 2 aromatic rings. The summed E-state index contributed by atoms with van der Waals surface area (Å²) in [6.45, 7) is 3.50. The number of carbonyl (C=O) groups is 2. The minimum absolute atomic E-state index is 0.0129. The Morgan fingerprint density at radius 2 is 1.96 bits per heavy atom. The predicted octanol–water partition coefficient (Wildman–Crippen LogP) is 4.77. The van der Waals surface area contributed by atoms with Gasteiger partial charge in [0.05, 0.1) is 18.9 Å². The SMILES string of the molecule is COc1ccc(C(C)=O)cc1CSCC(=O)NC(C)c1ccccc1Br. The molecule has 0 aliphatic carbocycles. The highest BCUT2D eigenvalue weighted by molar-refractivity contribution is 9.10. The normalized spacial score (nSPS) is 11.7. The Kier molecular flexibility index (Phi) is 7.72. The molecule has 1 N–H and O–H groups in total. The fourth-order valence-corrected chi connectivity index (χ4v) is 4.00. The van der Waals surface area contributed by atoms with Crippen molar-refractivity contribution in [1.82, 2.24) is 5.32 Å². The van der Waals surface area contributed by atoms with Crippen molar-refractivity contribution in [1.29, 1.82) is 0 Å². The summed E-state index contributed by atoms with van der Waals surface area (Å²) in [7, 11) is 1.60. The lowest BCUT2D eigenvalue weighted by molar-refractivity contribution is -0.119. The largest absolute Gasteiger partial charge is 0.496 e. The molecule has 0 bridgehead atoms. The van der Waals surface area contributed by atoms with Gasteiger partial charge < -0.3 is 10.1 Å². The van der Waals surface area contributed by atoms with E-state index in [9.17, 15) is 9.59 Å². The van der Waals surface area contributed by atoms with Gasteiger partial charge in [0.25, 0.3) is 0 Å². The standard InChI is InChI=1S/C20H22BrNO3S/c1-13(17-6-4-5-7-18(17)21)22-20(24)12-26-11-16-10-15(14(2)23)8-9-19(16)25-3/h4-10,13H,11-12H2,1-3H3,(H,22,24). The van der Waals surface area contributed by atoms with E-state index in [-0.39, 0.29) is 17.7 Å². The number of ether oxygens (including phenoxy) is 1. The summed E-state index contributed by atoms with van der Waals surface area (Å²) in [5, 5.41) is 3.01. The molecule has 1 unspecified atom stereocenters. The van der Waals surface area contributed by atoms with Crippen molar-refractivity contribution in [2.75, 3.05) is 12.9 Å². The van der Waals surface area contributed by atoms with Crippen molar-refractivity contribution in [3.63, 3.8) is 0 Å². The molecule has 0 aromatic heterocycles. The van der Waals surface area contributed by atoms with Crippen molar-refractivity contribution in [2.45, 2.75) is 25.6 Å². The van der Waals surface area contributed by atoms with Crippen LogP contribution in [-0.4, -0.2) is 24.6 Å². The molecule has 4 nitrogen and oxygen atoms in total. The van der Waals surface area contributed by atoms with Crippen LogP contribution in [0.5, 0.6) is 5.75 Å². The number of methoxy groups -OCH3 is 1. The molecule has 0 fully saturated rings. The number of Topliss-reactive ketones (excluding diaryl/α,β-unsaturated/α-hetero) is 1. The summed E-state index contributed by atoms with van der Waals surface area (Å²) < 4.78 is 6.32. The molecular formula is C20H22BrNO3S. The van der Waals surface area contributed by atoms with E-state index < -0.39 is 0 Å². The molecule has 2 aromatic carbocycles. The van der Waals surface area contributed by atoms with E-state index in [0.717, 1.165) is 21.3 Å². The first-order valence-electron chi connectivity index (χ1n) is 8.21. The summed E-state index contributed by atoms with van der Waals surface area (Å²) in [6, 6.07) is 13.1. The highest BCUT2D eigenvalue weighted by Gasteiger charge is 2.13. The summed E-state index contributed by atoms with van der Waals surface area (Å²) >= 11 is 5.00. The van der Waals surface area contributed by atoms with E-state index in [1.165, 1.54) is 18.7 Å². The van der Waals surface area contributed by atoms with Crippen molar-refractivity contribution in [3.8, 4) is 5.75 Å². The first-order chi connectivity index (χ1) is 12.4. The van der Waals surface area contributed by atoms with Gasteiger partial charge in [0.2, 0.25) is 5.91 Å². The lowest BCUT2D eigenvalue weighted by atomic mass is 10.1. The molecule has 0 saturated heterocycles. The van der Waals surface area contributed by atoms with E-state index in [1.54, 1.807) is 19.2 Å². The molecule has 1 amide bonds. The van der Waals surface area contributed by atoms with Crippen LogP contribution < -0.4 is 10.1 Å². The molecule has 0 aliphatic heterocycles. The van der Waals surface area contributed by atoms with Gasteiger partial charge in [-0.3, -0.25) is 9.59 Å². The van der Waals surface area contributed by atoms with Crippen LogP contribution in [0.25, 0.3) is 0 Å². The fraction of sp³-hybridized carbons (Fsp3) is 0.300. The number of ketones is 1. The zero-order valence-electron chi connectivity index (χ0n) is 15.0. The second kappa shape index (κ2) is 9.78. The number of rotatable bonds is 8. The Morgan fingerprint density at radius 3 is 2.62 bits per heavy atom. The van der Waals surface area contributed by atoms with Gasteiger partial charge in [0.1, 0.15) is 5.75 Å². The smallest absolute Gasteiger partial charge is 0.230 e. The van der Waals surface area contributed by atoms with Gasteiger partial charge in [-0.2, -0.15) is 0 Å². The van der Waals surface area contributed by atoms with Gasteiger partial charge >= 0.3 is 0 Å². The van der Waals surface area contributed by atoms with E-state index in [2.05, 4.69) is 21.2 Å². The van der Waals surface area contributed by atoms with Crippen molar-refractivity contribution < 1.29 is 14.3 Å². The third-order valence-electron chi connectivity index (χ3n) is 3.93. The molecule has 138 valence electrons. The predicted molar refractivity (Wildman–Crippen MR) is 110 cm³/mol. The van der Waals surface area contributed by atoms with Crippen LogP contribution in [0.15, 0.2) is 46.9 Å². The summed E-state index contributed by atoms with van der Waals surface area (Å²) in [4.78, 5) is 23.8. The Hall–Kier alpha value is -1.79. The van der Waals surface area contributed by atoms with Crippen LogP contribution in [0.3, 0.4) is 0 Å². The number of amides is 1. The van der Waals surface area contributed by atoms with Crippen LogP contribution in [-0.2, 0) is 10.5 Å². The Balaban J connectivity index is 1.91. The monoisotopic (exact) mass is 435 g/mol. The van der Waals surface area contributed by atoms with Crippen LogP contribution in [0, 0.1) is 0 Å². The van der Waals surface area contributed by atoms with Gasteiger partial charge in [-0.25, -0.2) is 0 Å². The Morgan fingerprint density at radius 1 is 1.23 bits per heavy atom. The van der Waals surface area contributed by atoms with Gasteiger partial charge in [-0.1, -0.05) is 34.1 Å². The quantitative estimate of drug-likeness (QED) is 0.606. The zero-order chi connectivity index (χ0) is 19.1. The number of halogens is 1. The topological polar surface area (TPSA) is 55.4 Å². The maximum absolute atomic E-state index is 12.2. The Labute approximate surface area is 166 Å². The number of thioether (sulfide) groups is 1. The van der Waals surface area contributed by atoms with Crippen molar-refractivity contribution in [2.24, 2.45) is 0 Å². The average molecular weight is 436 g/mol. The molecule has 0 heterocycles. The number of carbonyl (C=O) groups excluding carboxylic acids is 2. The zero-order valence-corrected chi connectivity index (χ0v) is 17.4. The van der Waals surface area contributed by atoms with Gasteiger partial charge in [0.15, 0.2) is 5.78 Å². The maximum Gasteiger partial charge on any atom is 0.230 e. The average Bonchev–Trinajstić information content (AvgIpc) is 2.61. The number of benzene rings is 2. The molecule has 0 saturated carbocycles. The minimum Gasteiger partial charge on any atom is -0.496 e. The van der Waals surface area contributed by atoms with E-state index in [1.807, 2.05) is 37.3 Å². The second-order valence-electron chi connectivity index (χ2n) is 5.89. The first kappa shape index (κ1) is 20.5. The molecular weight excluding hydrogens is 414 g/mol. The molecule has 1 atom stereocenters. The number of hydrogen-bond acceptors (Lipinski definition) is 4. The molecule has 6 heteroatoms. The fourth-order valence-electron chi connectivity index (χ4n) is 2.55. The van der Waals surface area contributed by atoms with Gasteiger partial charge in [0, 0.05) is 21.4 Å². The van der Waals surface area contributed by atoms with Crippen molar-refractivity contribution >= 4 is 39.4 Å². The van der Waals surface area contributed by atoms with Crippen molar-refractivity contribution in [3.05, 3.63) is 63.6 Å². The van der Waals surface area contributed by atoms with Crippen LogP contribution in [0.1, 0.15) is 41.4 Å². The number of hydrogen-bond donors (Lipinski definition) is 1. The van der Waals surface area contributed by atoms with Gasteiger partial charge in [-0.15, -0.1) is 11.8 Å². The molecule has 0 radical (unpaired) electrons. The first-order valence-corrected chi connectivity index (χ1v) is 10.2. The molecule has 0 spiro atoms. The minimum atomic E-state index is -0.0748. The van der Waals surface area contributed by atoms with Crippen LogP contribution in [0.2, 0.25) is 0 Å². The summed E-state index contributed by atoms with van der Waals surface area (Å²) in [5.74, 6) is 1.65. The third kappa shape index (κ3) is 5.61. The van der Waals surface area contributed by atoms with Crippen LogP contribution in [0.4, 0.5) is 0 Å². The highest BCUT2D eigenvalue weighted by atomic mass is 79.9.